The zero-order valence-corrected chi connectivity index (χ0v) is 10.0. The molecule has 15 heavy (non-hydrogen) atoms. The standard InChI is InChI=1S/C14H13Br/c15-14(10-5-2-6-11-14)12-9-13-7-3-1-4-8-13/h1-10,12H,11H2. The summed E-state index contributed by atoms with van der Waals surface area (Å²) in [6, 6.07) is 10.4. The van der Waals surface area contributed by atoms with Gasteiger partial charge in [-0.25, -0.2) is 0 Å². The highest BCUT2D eigenvalue weighted by Gasteiger charge is 2.18. The summed E-state index contributed by atoms with van der Waals surface area (Å²) in [6.45, 7) is 0. The Kier molecular flexibility index (Phi) is 3.22. The Morgan fingerprint density at radius 3 is 2.60 bits per heavy atom. The summed E-state index contributed by atoms with van der Waals surface area (Å²) in [5.41, 5.74) is 1.24. The molecule has 1 heteroatoms. The maximum atomic E-state index is 3.73. The highest BCUT2D eigenvalue weighted by molar-refractivity contribution is 9.10. The van der Waals surface area contributed by atoms with E-state index in [1.165, 1.54) is 5.56 Å². The monoisotopic (exact) mass is 260 g/mol. The molecular formula is C14H13Br. The molecule has 0 saturated carbocycles. The number of alkyl halides is 1. The van der Waals surface area contributed by atoms with Gasteiger partial charge < -0.3 is 0 Å². The van der Waals surface area contributed by atoms with E-state index in [1.807, 2.05) is 6.07 Å². The van der Waals surface area contributed by atoms with Gasteiger partial charge in [0.1, 0.15) is 0 Å². The number of allylic oxidation sites excluding steroid dienone is 5. The molecule has 1 aliphatic carbocycles. The molecule has 0 saturated heterocycles. The van der Waals surface area contributed by atoms with Crippen molar-refractivity contribution in [3.05, 3.63) is 66.3 Å². The van der Waals surface area contributed by atoms with Crippen molar-refractivity contribution in [2.45, 2.75) is 10.7 Å². The van der Waals surface area contributed by atoms with Crippen molar-refractivity contribution in [2.75, 3.05) is 0 Å². The number of hydrogen-bond acceptors (Lipinski definition) is 0. The van der Waals surface area contributed by atoms with Crippen molar-refractivity contribution in [2.24, 2.45) is 0 Å². The molecule has 0 aromatic heterocycles. The molecule has 0 fully saturated rings. The van der Waals surface area contributed by atoms with Crippen LogP contribution >= 0.6 is 15.9 Å². The van der Waals surface area contributed by atoms with Crippen molar-refractivity contribution >= 4 is 22.0 Å². The molecule has 1 unspecified atom stereocenters. The van der Waals surface area contributed by atoms with Crippen molar-refractivity contribution < 1.29 is 0 Å². The quantitative estimate of drug-likeness (QED) is 0.694. The first-order valence-corrected chi connectivity index (χ1v) is 5.85. The average Bonchev–Trinajstić information content (AvgIpc) is 2.29. The molecule has 0 heterocycles. The normalized spacial score (nSPS) is 24.9. The van der Waals surface area contributed by atoms with Crippen LogP contribution in [-0.4, -0.2) is 4.32 Å². The molecule has 0 spiro atoms. The second-order valence-electron chi connectivity index (χ2n) is 3.66. The zero-order chi connectivity index (χ0) is 10.6. The maximum absolute atomic E-state index is 3.73. The van der Waals surface area contributed by atoms with Crippen molar-refractivity contribution in [1.82, 2.24) is 0 Å². The Labute approximate surface area is 99.1 Å². The largest absolute Gasteiger partial charge is 0.0825 e. The zero-order valence-electron chi connectivity index (χ0n) is 8.44. The molecular weight excluding hydrogens is 248 g/mol. The molecule has 2 rings (SSSR count). The second kappa shape index (κ2) is 4.63. The topological polar surface area (TPSA) is 0 Å². The minimum Gasteiger partial charge on any atom is -0.0825 e. The van der Waals surface area contributed by atoms with Gasteiger partial charge in [-0.3, -0.25) is 0 Å². The van der Waals surface area contributed by atoms with E-state index in [2.05, 4.69) is 76.7 Å². The number of hydrogen-bond donors (Lipinski definition) is 0. The first-order valence-electron chi connectivity index (χ1n) is 5.06. The molecule has 0 radical (unpaired) electrons. The first kappa shape index (κ1) is 10.4. The second-order valence-corrected chi connectivity index (χ2v) is 5.14. The molecule has 0 aliphatic heterocycles. The summed E-state index contributed by atoms with van der Waals surface area (Å²) in [6.07, 6.45) is 13.9. The lowest BCUT2D eigenvalue weighted by atomic mass is 9.99. The first-order chi connectivity index (χ1) is 7.29. The number of rotatable bonds is 2. The van der Waals surface area contributed by atoms with Gasteiger partial charge in [0.05, 0.1) is 4.32 Å². The van der Waals surface area contributed by atoms with Gasteiger partial charge in [-0.1, -0.05) is 82.7 Å². The number of halogens is 1. The van der Waals surface area contributed by atoms with E-state index >= 15 is 0 Å². The van der Waals surface area contributed by atoms with Crippen LogP contribution in [0.1, 0.15) is 12.0 Å². The van der Waals surface area contributed by atoms with Gasteiger partial charge in [-0.05, 0) is 12.0 Å². The van der Waals surface area contributed by atoms with Crippen LogP contribution < -0.4 is 0 Å². The van der Waals surface area contributed by atoms with Crippen LogP contribution in [0.3, 0.4) is 0 Å². The van der Waals surface area contributed by atoms with E-state index in [0.29, 0.717) is 0 Å². The Morgan fingerprint density at radius 2 is 1.93 bits per heavy atom. The van der Waals surface area contributed by atoms with Crippen LogP contribution in [0.2, 0.25) is 0 Å². The van der Waals surface area contributed by atoms with E-state index in [4.69, 9.17) is 0 Å². The van der Waals surface area contributed by atoms with Gasteiger partial charge in [0, 0.05) is 0 Å². The summed E-state index contributed by atoms with van der Waals surface area (Å²) < 4.78 is -0.00239. The van der Waals surface area contributed by atoms with Crippen molar-refractivity contribution in [3.8, 4) is 0 Å². The third-order valence-electron chi connectivity index (χ3n) is 2.40. The van der Waals surface area contributed by atoms with Gasteiger partial charge >= 0.3 is 0 Å². The summed E-state index contributed by atoms with van der Waals surface area (Å²) >= 11 is 3.73. The van der Waals surface area contributed by atoms with E-state index in [1.54, 1.807) is 0 Å². The van der Waals surface area contributed by atoms with Gasteiger partial charge in [-0.2, -0.15) is 0 Å². The van der Waals surface area contributed by atoms with Crippen LogP contribution in [0.4, 0.5) is 0 Å². The Morgan fingerprint density at radius 1 is 1.13 bits per heavy atom. The average molecular weight is 261 g/mol. The Bertz CT molecular complexity index is 401. The van der Waals surface area contributed by atoms with Crippen LogP contribution in [-0.2, 0) is 0 Å². The van der Waals surface area contributed by atoms with E-state index in [0.717, 1.165) is 6.42 Å². The van der Waals surface area contributed by atoms with Gasteiger partial charge in [0.2, 0.25) is 0 Å². The number of benzene rings is 1. The van der Waals surface area contributed by atoms with Crippen molar-refractivity contribution in [3.63, 3.8) is 0 Å². The fourth-order valence-electron chi connectivity index (χ4n) is 1.53. The third-order valence-corrected chi connectivity index (χ3v) is 3.26. The molecule has 1 aromatic rings. The SMILES string of the molecule is BrC1(C=Cc2ccccc2)C=CC=CC1. The minimum atomic E-state index is -0.00239. The highest BCUT2D eigenvalue weighted by Crippen LogP contribution is 2.30. The lowest BCUT2D eigenvalue weighted by Gasteiger charge is -2.19. The van der Waals surface area contributed by atoms with Crippen molar-refractivity contribution in [1.29, 1.82) is 0 Å². The minimum absolute atomic E-state index is 0.00239. The van der Waals surface area contributed by atoms with Gasteiger partial charge in [0.15, 0.2) is 0 Å². The van der Waals surface area contributed by atoms with Gasteiger partial charge in [0.25, 0.3) is 0 Å². The van der Waals surface area contributed by atoms with Gasteiger partial charge in [-0.15, -0.1) is 0 Å². The van der Waals surface area contributed by atoms with Crippen LogP contribution in [0.25, 0.3) is 6.08 Å². The molecule has 0 nitrogen and oxygen atoms in total. The highest BCUT2D eigenvalue weighted by atomic mass is 79.9. The molecule has 0 bridgehead atoms. The maximum Gasteiger partial charge on any atom is 0.0657 e. The molecule has 1 aliphatic rings. The molecule has 1 atom stereocenters. The summed E-state index contributed by atoms with van der Waals surface area (Å²) in [5, 5.41) is 0. The summed E-state index contributed by atoms with van der Waals surface area (Å²) in [7, 11) is 0. The van der Waals surface area contributed by atoms with Crippen LogP contribution in [0, 0.1) is 0 Å². The fraction of sp³-hybridized carbons (Fsp3) is 0.143. The third kappa shape index (κ3) is 2.93. The van der Waals surface area contributed by atoms with Crippen LogP contribution in [0.5, 0.6) is 0 Å². The van der Waals surface area contributed by atoms with E-state index in [-0.39, 0.29) is 4.32 Å². The molecule has 0 amide bonds. The predicted octanol–water partition coefficient (Wildman–Crippen LogP) is 4.35. The fourth-order valence-corrected chi connectivity index (χ4v) is 2.00. The van der Waals surface area contributed by atoms with E-state index < -0.39 is 0 Å². The Balaban J connectivity index is 2.12. The van der Waals surface area contributed by atoms with E-state index in [9.17, 15) is 0 Å². The molecule has 0 N–H and O–H groups in total. The predicted molar refractivity (Wildman–Crippen MR) is 70.0 cm³/mol. The molecule has 1 aromatic carbocycles. The Hall–Kier alpha value is -1.08. The smallest absolute Gasteiger partial charge is 0.0657 e. The summed E-state index contributed by atoms with van der Waals surface area (Å²) in [4.78, 5) is 0. The van der Waals surface area contributed by atoms with Crippen LogP contribution in [0.15, 0.2) is 60.7 Å². The summed E-state index contributed by atoms with van der Waals surface area (Å²) in [5.74, 6) is 0. The lowest BCUT2D eigenvalue weighted by Crippen LogP contribution is -2.13. The lowest BCUT2D eigenvalue weighted by molar-refractivity contribution is 0.904. The molecule has 76 valence electrons.